The van der Waals surface area contributed by atoms with Crippen LogP contribution in [-0.2, 0) is 0 Å². The summed E-state index contributed by atoms with van der Waals surface area (Å²) in [4.78, 5) is 7.70. The molecule has 0 aromatic carbocycles. The second-order valence-electron chi connectivity index (χ2n) is 3.55. The molecule has 1 aliphatic rings. The van der Waals surface area contributed by atoms with E-state index in [4.69, 9.17) is 17.2 Å². The molecule has 0 spiro atoms. The number of hydrogen-bond donors (Lipinski definition) is 3. The fourth-order valence-electron chi connectivity index (χ4n) is 1.22. The van der Waals surface area contributed by atoms with Crippen molar-refractivity contribution < 1.29 is 0 Å². The molecule has 1 saturated carbocycles. The number of hydrogen-bond acceptors (Lipinski definition) is 1. The topological polar surface area (TPSA) is 103 Å². The van der Waals surface area contributed by atoms with E-state index in [0.717, 1.165) is 5.92 Å². The van der Waals surface area contributed by atoms with Crippen molar-refractivity contribution >= 4 is 11.9 Å². The second-order valence-corrected chi connectivity index (χ2v) is 3.55. The van der Waals surface area contributed by atoms with Crippen LogP contribution in [0, 0.1) is 11.8 Å². The molecule has 0 amide bonds. The molecule has 1 rings (SSSR count). The largest absolute Gasteiger partial charge is 0.370 e. The Labute approximate surface area is 78.1 Å². The normalized spacial score (nSPS) is 19.6. The van der Waals surface area contributed by atoms with E-state index in [1.165, 1.54) is 12.8 Å². The van der Waals surface area contributed by atoms with Crippen molar-refractivity contribution in [1.82, 2.24) is 0 Å². The van der Waals surface area contributed by atoms with Gasteiger partial charge in [-0.25, -0.2) is 0 Å². The Morgan fingerprint density at radius 3 is 2.46 bits per heavy atom. The highest BCUT2D eigenvalue weighted by Gasteiger charge is 2.27. The summed E-state index contributed by atoms with van der Waals surface area (Å²) in [7, 11) is 0. The minimum Gasteiger partial charge on any atom is -0.370 e. The van der Waals surface area contributed by atoms with Gasteiger partial charge in [0.1, 0.15) is 0 Å². The molecule has 5 heteroatoms. The number of nitrogens with two attached hydrogens (primary N) is 3. The molecule has 5 nitrogen and oxygen atoms in total. The summed E-state index contributed by atoms with van der Waals surface area (Å²) in [5.74, 6) is 1.55. The first-order chi connectivity index (χ1) is 6.09. The van der Waals surface area contributed by atoms with Crippen LogP contribution in [0.2, 0.25) is 0 Å². The first-order valence-electron chi connectivity index (χ1n) is 4.49. The van der Waals surface area contributed by atoms with Crippen molar-refractivity contribution in [2.24, 2.45) is 39.0 Å². The van der Waals surface area contributed by atoms with Gasteiger partial charge in [0.15, 0.2) is 5.96 Å². The average Bonchev–Trinajstić information content (AvgIpc) is 2.80. The summed E-state index contributed by atoms with van der Waals surface area (Å²) in [5, 5.41) is 0. The van der Waals surface area contributed by atoms with Gasteiger partial charge in [0.2, 0.25) is 5.96 Å². The molecule has 74 valence electrons. The second kappa shape index (κ2) is 4.11. The van der Waals surface area contributed by atoms with E-state index >= 15 is 0 Å². The van der Waals surface area contributed by atoms with Crippen molar-refractivity contribution in [3.63, 3.8) is 0 Å². The van der Waals surface area contributed by atoms with Gasteiger partial charge in [0.05, 0.1) is 0 Å². The molecular formula is C8H17N5. The lowest BCUT2D eigenvalue weighted by atomic mass is 10.1. The van der Waals surface area contributed by atoms with E-state index in [-0.39, 0.29) is 11.9 Å². The first-order valence-corrected chi connectivity index (χ1v) is 4.49. The summed E-state index contributed by atoms with van der Waals surface area (Å²) in [6.07, 6.45) is 2.64. The van der Waals surface area contributed by atoms with Crippen LogP contribution in [0.15, 0.2) is 9.98 Å². The molecule has 0 heterocycles. The lowest BCUT2D eigenvalue weighted by molar-refractivity contribution is 0.522. The molecule has 1 unspecified atom stereocenters. The van der Waals surface area contributed by atoms with Gasteiger partial charge < -0.3 is 17.2 Å². The Morgan fingerprint density at radius 2 is 2.00 bits per heavy atom. The smallest absolute Gasteiger partial charge is 0.218 e. The lowest BCUT2D eigenvalue weighted by Gasteiger charge is -2.04. The molecule has 0 saturated heterocycles. The first kappa shape index (κ1) is 9.83. The fourth-order valence-corrected chi connectivity index (χ4v) is 1.22. The van der Waals surface area contributed by atoms with E-state index in [0.29, 0.717) is 12.5 Å². The minimum atomic E-state index is -0.0414. The third-order valence-electron chi connectivity index (χ3n) is 2.21. The Bertz CT molecular complexity index is 225. The molecule has 0 aromatic rings. The number of rotatable bonds is 3. The monoisotopic (exact) mass is 183 g/mol. The van der Waals surface area contributed by atoms with Crippen LogP contribution in [-0.4, -0.2) is 18.5 Å². The Kier molecular flexibility index (Phi) is 3.11. The Balaban J connectivity index is 2.32. The summed E-state index contributed by atoms with van der Waals surface area (Å²) in [6.45, 7) is 2.89. The van der Waals surface area contributed by atoms with Crippen LogP contribution < -0.4 is 17.2 Å². The van der Waals surface area contributed by atoms with Gasteiger partial charge in [-0.3, -0.25) is 4.99 Å². The molecule has 13 heavy (non-hydrogen) atoms. The highest BCUT2D eigenvalue weighted by Crippen LogP contribution is 2.36. The van der Waals surface area contributed by atoms with Gasteiger partial charge >= 0.3 is 0 Å². The molecule has 1 atom stereocenters. The quantitative estimate of drug-likeness (QED) is 0.410. The van der Waals surface area contributed by atoms with Gasteiger partial charge in [-0.1, -0.05) is 6.92 Å². The van der Waals surface area contributed by atoms with Crippen LogP contribution in [0.3, 0.4) is 0 Å². The Hall–Kier alpha value is -1.26. The molecular weight excluding hydrogens is 166 g/mol. The lowest BCUT2D eigenvalue weighted by Crippen LogP contribution is -2.26. The molecule has 0 radical (unpaired) electrons. The fraction of sp³-hybridized carbons (Fsp3) is 0.750. The molecule has 0 aromatic heterocycles. The van der Waals surface area contributed by atoms with Crippen molar-refractivity contribution in [1.29, 1.82) is 0 Å². The van der Waals surface area contributed by atoms with Gasteiger partial charge in [0, 0.05) is 6.54 Å². The maximum Gasteiger partial charge on any atom is 0.218 e. The van der Waals surface area contributed by atoms with Gasteiger partial charge in [0.25, 0.3) is 0 Å². The van der Waals surface area contributed by atoms with Gasteiger partial charge in [-0.2, -0.15) is 4.99 Å². The van der Waals surface area contributed by atoms with E-state index in [2.05, 4.69) is 16.9 Å². The highest BCUT2D eigenvalue weighted by molar-refractivity contribution is 5.92. The number of nitrogens with zero attached hydrogens (tertiary/aromatic N) is 2. The number of guanidine groups is 2. The maximum atomic E-state index is 5.45. The molecule has 0 aliphatic heterocycles. The van der Waals surface area contributed by atoms with Crippen molar-refractivity contribution in [3.05, 3.63) is 0 Å². The third kappa shape index (κ3) is 3.78. The van der Waals surface area contributed by atoms with Crippen molar-refractivity contribution in [2.75, 3.05) is 6.54 Å². The van der Waals surface area contributed by atoms with Crippen LogP contribution in [0.1, 0.15) is 19.8 Å². The van der Waals surface area contributed by atoms with E-state index in [1.807, 2.05) is 0 Å². The highest BCUT2D eigenvalue weighted by atomic mass is 15.1. The maximum absolute atomic E-state index is 5.45. The van der Waals surface area contributed by atoms with Crippen LogP contribution in [0.5, 0.6) is 0 Å². The standard InChI is InChI=1S/C8H17N5/c1-5(6-2-3-6)4-12-8(11)13-7(9)10/h5-6H,2-4H2,1H3,(H6,9,10,11,12,13). The van der Waals surface area contributed by atoms with E-state index in [9.17, 15) is 0 Å². The summed E-state index contributed by atoms with van der Waals surface area (Å²) in [6, 6.07) is 0. The van der Waals surface area contributed by atoms with Crippen molar-refractivity contribution in [2.45, 2.75) is 19.8 Å². The summed E-state index contributed by atoms with van der Waals surface area (Å²) < 4.78 is 0. The zero-order chi connectivity index (χ0) is 9.84. The van der Waals surface area contributed by atoms with Gasteiger partial charge in [-0.05, 0) is 24.7 Å². The van der Waals surface area contributed by atoms with E-state index < -0.39 is 0 Å². The zero-order valence-electron chi connectivity index (χ0n) is 7.90. The van der Waals surface area contributed by atoms with Crippen LogP contribution >= 0.6 is 0 Å². The third-order valence-corrected chi connectivity index (χ3v) is 2.21. The Morgan fingerprint density at radius 1 is 1.38 bits per heavy atom. The SMILES string of the molecule is CC(CN=C(N)N=C(N)N)C1CC1. The predicted octanol–water partition coefficient (Wildman–Crippen LogP) is -0.379. The molecule has 1 aliphatic carbocycles. The minimum absolute atomic E-state index is 0.0414. The van der Waals surface area contributed by atoms with Crippen molar-refractivity contribution in [3.8, 4) is 0 Å². The zero-order valence-corrected chi connectivity index (χ0v) is 7.90. The summed E-state index contributed by atoms with van der Waals surface area (Å²) >= 11 is 0. The molecule has 1 fully saturated rings. The average molecular weight is 183 g/mol. The van der Waals surface area contributed by atoms with Gasteiger partial charge in [-0.15, -0.1) is 0 Å². The number of aliphatic imine (C=N–C) groups is 2. The van der Waals surface area contributed by atoms with Crippen LogP contribution in [0.25, 0.3) is 0 Å². The molecule has 0 bridgehead atoms. The summed E-state index contributed by atoms with van der Waals surface area (Å²) in [5.41, 5.74) is 15.7. The predicted molar refractivity (Wildman–Crippen MR) is 54.2 cm³/mol. The van der Waals surface area contributed by atoms with Crippen LogP contribution in [0.4, 0.5) is 0 Å². The molecule has 6 N–H and O–H groups in total. The van der Waals surface area contributed by atoms with E-state index in [1.54, 1.807) is 0 Å².